The Morgan fingerprint density at radius 2 is 1.89 bits per heavy atom. The summed E-state index contributed by atoms with van der Waals surface area (Å²) >= 11 is 0. The summed E-state index contributed by atoms with van der Waals surface area (Å²) in [5, 5.41) is 14.3. The Kier molecular flexibility index (Phi) is 5.93. The van der Waals surface area contributed by atoms with Crippen LogP contribution in [0.2, 0.25) is 0 Å². The highest BCUT2D eigenvalue weighted by Crippen LogP contribution is 2.38. The van der Waals surface area contributed by atoms with Crippen LogP contribution in [-0.4, -0.2) is 17.6 Å². The van der Waals surface area contributed by atoms with Gasteiger partial charge in [-0.1, -0.05) is 44.2 Å². The molecule has 28 heavy (non-hydrogen) atoms. The van der Waals surface area contributed by atoms with Crippen molar-refractivity contribution in [2.24, 2.45) is 5.92 Å². The smallest absolute Gasteiger partial charge is 0.280 e. The number of carbonyl (C=O) groups is 1. The van der Waals surface area contributed by atoms with Gasteiger partial charge < -0.3 is 14.8 Å². The van der Waals surface area contributed by atoms with Crippen LogP contribution in [0.4, 0.5) is 5.69 Å². The highest BCUT2D eigenvalue weighted by atomic mass is 16.7. The number of carbonyl (C=O) groups excluding carboxylic acids is 1. The van der Waals surface area contributed by atoms with Crippen LogP contribution >= 0.6 is 0 Å². The monoisotopic (exact) mass is 382 g/mol. The zero-order valence-electron chi connectivity index (χ0n) is 15.8. The average molecular weight is 382 g/mol. The minimum Gasteiger partial charge on any atom is -0.454 e. The Labute approximate surface area is 163 Å². The van der Waals surface area contributed by atoms with Gasteiger partial charge in [0.15, 0.2) is 11.5 Å². The zero-order valence-corrected chi connectivity index (χ0v) is 15.8. The molecule has 0 saturated heterocycles. The maximum atomic E-state index is 12.5. The van der Waals surface area contributed by atoms with Crippen LogP contribution in [0.5, 0.6) is 11.5 Å². The molecule has 0 aromatic heterocycles. The van der Waals surface area contributed by atoms with Crippen LogP contribution in [0.15, 0.2) is 48.5 Å². The van der Waals surface area contributed by atoms with Crippen LogP contribution in [0.1, 0.15) is 37.4 Å². The number of benzene rings is 2. The van der Waals surface area contributed by atoms with Crippen molar-refractivity contribution in [1.29, 1.82) is 0 Å². The molecule has 2 aromatic rings. The van der Waals surface area contributed by atoms with Crippen molar-refractivity contribution in [2.75, 3.05) is 6.79 Å². The second kappa shape index (κ2) is 8.56. The first-order valence-corrected chi connectivity index (χ1v) is 9.05. The van der Waals surface area contributed by atoms with E-state index in [1.807, 2.05) is 30.3 Å². The number of nitro groups is 1. The normalized spacial score (nSPS) is 13.7. The summed E-state index contributed by atoms with van der Waals surface area (Å²) < 4.78 is 10.4. The van der Waals surface area contributed by atoms with E-state index in [4.69, 9.17) is 9.47 Å². The average Bonchev–Trinajstić information content (AvgIpc) is 3.12. The van der Waals surface area contributed by atoms with Crippen LogP contribution in [0.3, 0.4) is 0 Å². The molecule has 0 aliphatic carbocycles. The second-order valence-corrected chi connectivity index (χ2v) is 6.96. The van der Waals surface area contributed by atoms with E-state index >= 15 is 0 Å². The number of nitro benzene ring substituents is 1. The van der Waals surface area contributed by atoms with E-state index in [1.165, 1.54) is 24.3 Å². The number of rotatable bonds is 7. The SMILES string of the molecule is CC(C)CC(NC(=O)/C=C/c1cc2c(cc1[N+](=O)[O-])OCO2)c1ccccc1. The van der Waals surface area contributed by atoms with Crippen LogP contribution in [0, 0.1) is 16.0 Å². The summed E-state index contributed by atoms with van der Waals surface area (Å²) in [6.07, 6.45) is 3.52. The quantitative estimate of drug-likeness (QED) is 0.439. The Balaban J connectivity index is 1.78. The van der Waals surface area contributed by atoms with Gasteiger partial charge in [-0.3, -0.25) is 14.9 Å². The van der Waals surface area contributed by atoms with Crippen LogP contribution < -0.4 is 14.8 Å². The number of fused-ring (bicyclic) bond motifs is 1. The molecule has 1 aliphatic rings. The molecular weight excluding hydrogens is 360 g/mol. The molecule has 0 radical (unpaired) electrons. The van der Waals surface area contributed by atoms with Gasteiger partial charge in [-0.25, -0.2) is 0 Å². The lowest BCUT2D eigenvalue weighted by atomic mass is 9.97. The van der Waals surface area contributed by atoms with E-state index in [0.717, 1.165) is 12.0 Å². The fourth-order valence-electron chi connectivity index (χ4n) is 3.06. The summed E-state index contributed by atoms with van der Waals surface area (Å²) in [7, 11) is 0. The standard InChI is InChI=1S/C21H22N2O5/c1-14(2)10-17(15-6-4-3-5-7-15)22-21(24)9-8-16-11-19-20(28-13-27-19)12-18(16)23(25)26/h3-9,11-12,14,17H,10,13H2,1-2H3,(H,22,24)/b9-8+. The van der Waals surface area contributed by atoms with E-state index in [0.29, 0.717) is 17.4 Å². The van der Waals surface area contributed by atoms with E-state index in [9.17, 15) is 14.9 Å². The summed E-state index contributed by atoms with van der Waals surface area (Å²) in [6.45, 7) is 4.20. The number of hydrogen-bond donors (Lipinski definition) is 1. The summed E-state index contributed by atoms with van der Waals surface area (Å²) in [5.41, 5.74) is 1.16. The Morgan fingerprint density at radius 1 is 1.21 bits per heavy atom. The van der Waals surface area contributed by atoms with Crippen molar-refractivity contribution in [3.63, 3.8) is 0 Å². The van der Waals surface area contributed by atoms with Crippen LogP contribution in [-0.2, 0) is 4.79 Å². The minimum absolute atomic E-state index is 0.0219. The molecule has 1 heterocycles. The highest BCUT2D eigenvalue weighted by Gasteiger charge is 2.22. The van der Waals surface area contributed by atoms with Crippen molar-refractivity contribution < 1.29 is 19.2 Å². The van der Waals surface area contributed by atoms with Crippen molar-refractivity contribution in [2.45, 2.75) is 26.3 Å². The third kappa shape index (κ3) is 4.68. The molecule has 1 unspecified atom stereocenters. The molecule has 0 bridgehead atoms. The Hall–Kier alpha value is -3.35. The highest BCUT2D eigenvalue weighted by molar-refractivity contribution is 5.92. The molecule has 0 fully saturated rings. The lowest BCUT2D eigenvalue weighted by Crippen LogP contribution is -2.27. The zero-order chi connectivity index (χ0) is 20.1. The van der Waals surface area contributed by atoms with Crippen molar-refractivity contribution in [3.8, 4) is 11.5 Å². The van der Waals surface area contributed by atoms with E-state index in [1.54, 1.807) is 0 Å². The second-order valence-electron chi connectivity index (χ2n) is 6.96. The van der Waals surface area contributed by atoms with E-state index in [-0.39, 0.29) is 30.0 Å². The summed E-state index contributed by atoms with van der Waals surface area (Å²) in [6, 6.07) is 12.4. The third-order valence-electron chi connectivity index (χ3n) is 4.36. The van der Waals surface area contributed by atoms with E-state index in [2.05, 4.69) is 19.2 Å². The molecule has 0 spiro atoms. The van der Waals surface area contributed by atoms with E-state index < -0.39 is 4.92 Å². The topological polar surface area (TPSA) is 90.7 Å². The van der Waals surface area contributed by atoms with Gasteiger partial charge >= 0.3 is 0 Å². The molecule has 1 aliphatic heterocycles. The molecule has 1 N–H and O–H groups in total. The fraction of sp³-hybridized carbons (Fsp3) is 0.286. The molecule has 3 rings (SSSR count). The fourth-order valence-corrected chi connectivity index (χ4v) is 3.06. The molecule has 7 heteroatoms. The number of ether oxygens (including phenoxy) is 2. The van der Waals surface area contributed by atoms with Crippen LogP contribution in [0.25, 0.3) is 6.08 Å². The van der Waals surface area contributed by atoms with Gasteiger partial charge in [0.1, 0.15) is 0 Å². The lowest BCUT2D eigenvalue weighted by Gasteiger charge is -2.20. The molecule has 146 valence electrons. The van der Waals surface area contributed by atoms with Gasteiger partial charge in [-0.15, -0.1) is 0 Å². The van der Waals surface area contributed by atoms with Gasteiger partial charge in [0.25, 0.3) is 5.69 Å². The Morgan fingerprint density at radius 3 is 2.54 bits per heavy atom. The molecule has 0 saturated carbocycles. The number of hydrogen-bond acceptors (Lipinski definition) is 5. The minimum atomic E-state index is -0.509. The van der Waals surface area contributed by atoms with Crippen molar-refractivity contribution in [3.05, 3.63) is 69.8 Å². The van der Waals surface area contributed by atoms with Gasteiger partial charge in [-0.05, 0) is 30.0 Å². The number of amides is 1. The first kappa shape index (κ1) is 19.4. The Bertz CT molecular complexity index is 893. The first-order valence-electron chi connectivity index (χ1n) is 9.05. The van der Waals surface area contributed by atoms with Gasteiger partial charge in [-0.2, -0.15) is 0 Å². The van der Waals surface area contributed by atoms with Crippen molar-refractivity contribution in [1.82, 2.24) is 5.32 Å². The lowest BCUT2D eigenvalue weighted by molar-refractivity contribution is -0.385. The molecular formula is C21H22N2O5. The summed E-state index contributed by atoms with van der Waals surface area (Å²) in [5.74, 6) is 0.827. The molecule has 2 aromatic carbocycles. The third-order valence-corrected chi connectivity index (χ3v) is 4.36. The summed E-state index contributed by atoms with van der Waals surface area (Å²) in [4.78, 5) is 23.3. The first-order chi connectivity index (χ1) is 13.4. The number of nitrogens with one attached hydrogen (secondary N) is 1. The predicted molar refractivity (Wildman–Crippen MR) is 105 cm³/mol. The number of nitrogens with zero attached hydrogens (tertiary/aromatic N) is 1. The molecule has 7 nitrogen and oxygen atoms in total. The molecule has 1 amide bonds. The van der Waals surface area contributed by atoms with Gasteiger partial charge in [0.05, 0.1) is 22.6 Å². The molecule has 1 atom stereocenters. The largest absolute Gasteiger partial charge is 0.454 e. The maximum Gasteiger partial charge on any atom is 0.280 e. The van der Waals surface area contributed by atoms with Gasteiger partial charge in [0, 0.05) is 6.08 Å². The predicted octanol–water partition coefficient (Wildman–Crippen LogP) is 4.24. The maximum absolute atomic E-state index is 12.5. The van der Waals surface area contributed by atoms with Gasteiger partial charge in [0.2, 0.25) is 12.7 Å². The van der Waals surface area contributed by atoms with Crippen molar-refractivity contribution >= 4 is 17.7 Å².